The van der Waals surface area contributed by atoms with Gasteiger partial charge in [-0.1, -0.05) is 0 Å². The lowest BCUT2D eigenvalue weighted by atomic mass is 10.1. The first-order chi connectivity index (χ1) is 11.5. The number of rotatable bonds is 7. The summed E-state index contributed by atoms with van der Waals surface area (Å²) >= 11 is 2.06. The van der Waals surface area contributed by atoms with Crippen molar-refractivity contribution in [3.8, 4) is 0 Å². The standard InChI is InChI=1S/C17H31N5OS.HI/c1-13-15(14(2)22(21-13)8-9-23-5)11-19-16(18-4)20-12-17(3)7-6-10-24-17;/h6-12H2,1-5H3,(H2,18,19,20);1H. The average Bonchev–Trinajstić information content (AvgIpc) is 3.11. The van der Waals surface area contributed by atoms with Crippen molar-refractivity contribution in [1.82, 2.24) is 20.4 Å². The molecule has 0 saturated carbocycles. The lowest BCUT2D eigenvalue weighted by molar-refractivity contribution is 0.182. The van der Waals surface area contributed by atoms with Crippen molar-refractivity contribution in [2.75, 3.05) is 33.1 Å². The van der Waals surface area contributed by atoms with Gasteiger partial charge in [0.1, 0.15) is 0 Å². The van der Waals surface area contributed by atoms with Gasteiger partial charge in [0.25, 0.3) is 0 Å². The minimum Gasteiger partial charge on any atom is -0.383 e. The molecule has 0 bridgehead atoms. The zero-order chi connectivity index (χ0) is 17.6. The number of guanidine groups is 1. The highest BCUT2D eigenvalue weighted by Crippen LogP contribution is 2.36. The fourth-order valence-electron chi connectivity index (χ4n) is 3.02. The number of hydrogen-bond acceptors (Lipinski definition) is 4. The number of ether oxygens (including phenoxy) is 1. The molecule has 1 fully saturated rings. The zero-order valence-electron chi connectivity index (χ0n) is 16.0. The van der Waals surface area contributed by atoms with E-state index in [1.807, 2.05) is 11.7 Å². The van der Waals surface area contributed by atoms with Gasteiger partial charge in [-0.3, -0.25) is 9.67 Å². The molecule has 0 radical (unpaired) electrons. The number of thioether (sulfide) groups is 1. The minimum absolute atomic E-state index is 0. The summed E-state index contributed by atoms with van der Waals surface area (Å²) in [5.74, 6) is 2.12. The van der Waals surface area contributed by atoms with Gasteiger partial charge in [-0.2, -0.15) is 16.9 Å². The fourth-order valence-corrected chi connectivity index (χ4v) is 4.27. The van der Waals surface area contributed by atoms with Gasteiger partial charge in [-0.05, 0) is 39.4 Å². The van der Waals surface area contributed by atoms with Crippen molar-refractivity contribution in [2.45, 2.75) is 51.4 Å². The SMILES string of the molecule is CN=C(NCc1c(C)nn(CCOC)c1C)NCC1(C)CCCS1.I. The second-order valence-electron chi connectivity index (χ2n) is 6.55. The quantitative estimate of drug-likeness (QED) is 0.356. The molecular formula is C17H32IN5OS. The Morgan fingerprint density at radius 2 is 2.16 bits per heavy atom. The Morgan fingerprint density at radius 1 is 1.40 bits per heavy atom. The van der Waals surface area contributed by atoms with Crippen LogP contribution in [0, 0.1) is 13.8 Å². The highest BCUT2D eigenvalue weighted by molar-refractivity contribution is 14.0. The molecule has 2 rings (SSSR count). The van der Waals surface area contributed by atoms with Crippen LogP contribution < -0.4 is 10.6 Å². The minimum atomic E-state index is 0. The van der Waals surface area contributed by atoms with E-state index >= 15 is 0 Å². The van der Waals surface area contributed by atoms with Crippen LogP contribution in [0.3, 0.4) is 0 Å². The molecule has 1 atom stereocenters. The Labute approximate surface area is 173 Å². The van der Waals surface area contributed by atoms with Crippen molar-refractivity contribution < 1.29 is 4.74 Å². The second-order valence-corrected chi connectivity index (χ2v) is 8.23. The first-order valence-corrected chi connectivity index (χ1v) is 9.58. The van der Waals surface area contributed by atoms with Crippen molar-refractivity contribution in [3.05, 3.63) is 17.0 Å². The molecule has 25 heavy (non-hydrogen) atoms. The molecule has 6 nitrogen and oxygen atoms in total. The van der Waals surface area contributed by atoms with Crippen molar-refractivity contribution in [1.29, 1.82) is 0 Å². The molecule has 1 aliphatic heterocycles. The van der Waals surface area contributed by atoms with Crippen molar-refractivity contribution in [3.63, 3.8) is 0 Å². The molecule has 1 unspecified atom stereocenters. The highest BCUT2D eigenvalue weighted by Gasteiger charge is 2.29. The maximum absolute atomic E-state index is 5.15. The molecule has 1 aromatic rings. The van der Waals surface area contributed by atoms with Crippen LogP contribution in [0.2, 0.25) is 0 Å². The van der Waals surface area contributed by atoms with Gasteiger partial charge >= 0.3 is 0 Å². The van der Waals surface area contributed by atoms with E-state index in [1.54, 1.807) is 7.11 Å². The Bertz CT molecular complexity index is 570. The molecule has 0 amide bonds. The van der Waals surface area contributed by atoms with Crippen LogP contribution in [-0.4, -0.2) is 53.5 Å². The molecule has 144 valence electrons. The summed E-state index contributed by atoms with van der Waals surface area (Å²) in [6, 6.07) is 0. The van der Waals surface area contributed by atoms with Gasteiger partial charge in [0, 0.05) is 43.3 Å². The summed E-state index contributed by atoms with van der Waals surface area (Å²) in [4.78, 5) is 4.35. The van der Waals surface area contributed by atoms with Crippen LogP contribution in [-0.2, 0) is 17.8 Å². The Hall–Kier alpha value is -0.480. The maximum Gasteiger partial charge on any atom is 0.191 e. The average molecular weight is 481 g/mol. The summed E-state index contributed by atoms with van der Waals surface area (Å²) in [5.41, 5.74) is 3.48. The van der Waals surface area contributed by atoms with Crippen LogP contribution >= 0.6 is 35.7 Å². The Morgan fingerprint density at radius 3 is 2.76 bits per heavy atom. The topological polar surface area (TPSA) is 63.5 Å². The maximum atomic E-state index is 5.15. The smallest absolute Gasteiger partial charge is 0.191 e. The number of aromatic nitrogens is 2. The summed E-state index contributed by atoms with van der Waals surface area (Å²) in [6.07, 6.45) is 2.58. The lowest BCUT2D eigenvalue weighted by Crippen LogP contribution is -2.43. The fraction of sp³-hybridized carbons (Fsp3) is 0.765. The van der Waals surface area contributed by atoms with Gasteiger partial charge in [0.15, 0.2) is 5.96 Å². The number of nitrogens with one attached hydrogen (secondary N) is 2. The molecule has 1 saturated heterocycles. The third-order valence-electron chi connectivity index (χ3n) is 4.63. The zero-order valence-corrected chi connectivity index (χ0v) is 19.2. The van der Waals surface area contributed by atoms with Crippen LogP contribution in [0.25, 0.3) is 0 Å². The van der Waals surface area contributed by atoms with E-state index in [0.717, 1.165) is 31.3 Å². The summed E-state index contributed by atoms with van der Waals surface area (Å²) in [7, 11) is 3.54. The molecule has 0 aromatic carbocycles. The first kappa shape index (κ1) is 22.6. The van der Waals surface area contributed by atoms with E-state index in [1.165, 1.54) is 29.9 Å². The second kappa shape index (κ2) is 10.6. The van der Waals surface area contributed by atoms with E-state index in [2.05, 4.69) is 53.3 Å². The predicted octanol–water partition coefficient (Wildman–Crippen LogP) is 2.72. The summed E-state index contributed by atoms with van der Waals surface area (Å²) < 4.78 is 7.49. The molecule has 8 heteroatoms. The summed E-state index contributed by atoms with van der Waals surface area (Å²) in [6.45, 7) is 9.63. The van der Waals surface area contributed by atoms with Crippen LogP contribution in [0.15, 0.2) is 4.99 Å². The van der Waals surface area contributed by atoms with Gasteiger partial charge < -0.3 is 15.4 Å². The van der Waals surface area contributed by atoms with Crippen molar-refractivity contribution >= 4 is 41.7 Å². The molecule has 2 N–H and O–H groups in total. The molecular weight excluding hydrogens is 449 g/mol. The monoisotopic (exact) mass is 481 g/mol. The third-order valence-corrected chi connectivity index (χ3v) is 6.16. The van der Waals surface area contributed by atoms with Gasteiger partial charge in [0.05, 0.1) is 18.8 Å². The number of aryl methyl sites for hydroxylation is 1. The summed E-state index contributed by atoms with van der Waals surface area (Å²) in [5, 5.41) is 11.5. The number of methoxy groups -OCH3 is 1. The van der Waals surface area contributed by atoms with Crippen LogP contribution in [0.4, 0.5) is 0 Å². The normalized spacial score (nSPS) is 20.4. The largest absolute Gasteiger partial charge is 0.383 e. The number of halogens is 1. The van der Waals surface area contributed by atoms with E-state index in [0.29, 0.717) is 11.4 Å². The van der Waals surface area contributed by atoms with E-state index in [9.17, 15) is 0 Å². The molecule has 1 aliphatic rings. The molecule has 2 heterocycles. The predicted molar refractivity (Wildman–Crippen MR) is 117 cm³/mol. The van der Waals surface area contributed by atoms with Crippen LogP contribution in [0.1, 0.15) is 36.7 Å². The van der Waals surface area contributed by atoms with E-state index in [4.69, 9.17) is 4.74 Å². The van der Waals surface area contributed by atoms with E-state index < -0.39 is 0 Å². The Kier molecular flexibility index (Phi) is 9.58. The molecule has 0 spiro atoms. The number of aliphatic imine (C=N–C) groups is 1. The molecule has 0 aliphatic carbocycles. The van der Waals surface area contributed by atoms with E-state index in [-0.39, 0.29) is 24.0 Å². The third kappa shape index (κ3) is 6.32. The van der Waals surface area contributed by atoms with Crippen LogP contribution in [0.5, 0.6) is 0 Å². The highest BCUT2D eigenvalue weighted by atomic mass is 127. The molecule has 1 aromatic heterocycles. The number of nitrogens with zero attached hydrogens (tertiary/aromatic N) is 3. The van der Waals surface area contributed by atoms with Crippen molar-refractivity contribution in [2.24, 2.45) is 4.99 Å². The lowest BCUT2D eigenvalue weighted by Gasteiger charge is -2.24. The van der Waals surface area contributed by atoms with Gasteiger partial charge in [0.2, 0.25) is 0 Å². The first-order valence-electron chi connectivity index (χ1n) is 8.59. The van der Waals surface area contributed by atoms with Gasteiger partial charge in [-0.15, -0.1) is 24.0 Å². The van der Waals surface area contributed by atoms with Gasteiger partial charge in [-0.25, -0.2) is 0 Å². The number of hydrogen-bond donors (Lipinski definition) is 2. The Balaban J connectivity index is 0.00000312.